The van der Waals surface area contributed by atoms with Gasteiger partial charge in [-0.05, 0) is 50.0 Å². The summed E-state index contributed by atoms with van der Waals surface area (Å²) in [6.45, 7) is 7.98. The Labute approximate surface area is 99.8 Å². The summed E-state index contributed by atoms with van der Waals surface area (Å²) in [4.78, 5) is 0. The van der Waals surface area contributed by atoms with Crippen molar-refractivity contribution in [2.24, 2.45) is 11.3 Å². The first-order chi connectivity index (χ1) is 7.44. The third-order valence-corrected chi connectivity index (χ3v) is 4.83. The first kappa shape index (κ1) is 12.4. The van der Waals surface area contributed by atoms with E-state index in [1.165, 1.54) is 12.8 Å². The molecule has 2 heteroatoms. The van der Waals surface area contributed by atoms with Crippen LogP contribution in [0.2, 0.25) is 0 Å². The molecule has 1 aliphatic carbocycles. The second kappa shape index (κ2) is 4.30. The molecule has 2 nitrogen and oxygen atoms in total. The van der Waals surface area contributed by atoms with Gasteiger partial charge in [0.1, 0.15) is 0 Å². The average Bonchev–Trinajstić information content (AvgIpc) is 2.25. The topological polar surface area (TPSA) is 32.3 Å². The van der Waals surface area contributed by atoms with Gasteiger partial charge in [0.05, 0.1) is 5.60 Å². The maximum atomic E-state index is 10.9. The van der Waals surface area contributed by atoms with Gasteiger partial charge in [0.25, 0.3) is 0 Å². The van der Waals surface area contributed by atoms with Crippen LogP contribution in [0.1, 0.15) is 59.3 Å². The van der Waals surface area contributed by atoms with Crippen LogP contribution in [0.25, 0.3) is 0 Å². The van der Waals surface area contributed by atoms with Gasteiger partial charge in [-0.15, -0.1) is 0 Å². The van der Waals surface area contributed by atoms with Crippen LogP contribution in [0, 0.1) is 11.3 Å². The van der Waals surface area contributed by atoms with Crippen molar-refractivity contribution in [2.75, 3.05) is 6.54 Å². The molecule has 94 valence electrons. The molecule has 1 heterocycles. The normalized spacial score (nSPS) is 44.2. The van der Waals surface area contributed by atoms with E-state index in [9.17, 15) is 5.11 Å². The van der Waals surface area contributed by atoms with Crippen molar-refractivity contribution >= 4 is 0 Å². The number of hydrogen-bond donors (Lipinski definition) is 2. The Morgan fingerprint density at radius 1 is 1.19 bits per heavy atom. The van der Waals surface area contributed by atoms with Crippen molar-refractivity contribution in [2.45, 2.75) is 70.9 Å². The third kappa shape index (κ3) is 2.28. The van der Waals surface area contributed by atoms with Gasteiger partial charge < -0.3 is 10.4 Å². The Balaban J connectivity index is 2.06. The fourth-order valence-electron chi connectivity index (χ4n) is 3.69. The highest BCUT2D eigenvalue weighted by Crippen LogP contribution is 2.46. The number of rotatable bonds is 1. The van der Waals surface area contributed by atoms with Crippen LogP contribution in [0.4, 0.5) is 0 Å². The highest BCUT2D eigenvalue weighted by atomic mass is 16.3. The Hall–Kier alpha value is -0.0800. The summed E-state index contributed by atoms with van der Waals surface area (Å²) in [6.07, 6.45) is 6.98. The molecule has 3 unspecified atom stereocenters. The summed E-state index contributed by atoms with van der Waals surface area (Å²) in [7, 11) is 0. The highest BCUT2D eigenvalue weighted by Gasteiger charge is 2.47. The molecule has 2 rings (SSSR count). The van der Waals surface area contributed by atoms with Gasteiger partial charge in [0, 0.05) is 6.04 Å². The lowest BCUT2D eigenvalue weighted by molar-refractivity contribution is -0.101. The van der Waals surface area contributed by atoms with Crippen LogP contribution in [-0.4, -0.2) is 23.3 Å². The first-order valence-electron chi connectivity index (χ1n) is 6.90. The number of hydrogen-bond acceptors (Lipinski definition) is 2. The molecule has 0 amide bonds. The zero-order valence-electron chi connectivity index (χ0n) is 11.1. The number of piperidine rings is 1. The predicted molar refractivity (Wildman–Crippen MR) is 67.4 cm³/mol. The molecular formula is C14H27NO. The largest absolute Gasteiger partial charge is 0.388 e. The van der Waals surface area contributed by atoms with E-state index in [0.29, 0.717) is 17.4 Å². The standard InChI is InChI=1S/C14H27NO/c1-11-10-13(2,3)7-8-14(11,16)12-6-4-5-9-15-12/h11-12,15-16H,4-10H2,1-3H3. The highest BCUT2D eigenvalue weighted by molar-refractivity contribution is 5.01. The minimum Gasteiger partial charge on any atom is -0.388 e. The van der Waals surface area contributed by atoms with Crippen molar-refractivity contribution in [3.8, 4) is 0 Å². The Morgan fingerprint density at radius 3 is 2.50 bits per heavy atom. The van der Waals surface area contributed by atoms with Gasteiger partial charge in [0.2, 0.25) is 0 Å². The molecule has 0 aromatic rings. The molecule has 0 aromatic carbocycles. The fraction of sp³-hybridized carbons (Fsp3) is 1.00. The molecule has 1 saturated heterocycles. The van der Waals surface area contributed by atoms with E-state index >= 15 is 0 Å². The van der Waals surface area contributed by atoms with E-state index in [1.807, 2.05) is 0 Å². The zero-order chi connectivity index (χ0) is 11.8. The van der Waals surface area contributed by atoms with Crippen LogP contribution < -0.4 is 5.32 Å². The Kier molecular flexibility index (Phi) is 3.33. The molecule has 2 aliphatic rings. The summed E-state index contributed by atoms with van der Waals surface area (Å²) < 4.78 is 0. The van der Waals surface area contributed by atoms with Crippen molar-refractivity contribution in [1.29, 1.82) is 0 Å². The maximum absolute atomic E-state index is 10.9. The molecule has 0 aromatic heterocycles. The quantitative estimate of drug-likeness (QED) is 0.719. The lowest BCUT2D eigenvalue weighted by atomic mass is 9.62. The van der Waals surface area contributed by atoms with Gasteiger partial charge >= 0.3 is 0 Å². The summed E-state index contributed by atoms with van der Waals surface area (Å²) in [6, 6.07) is 0.340. The van der Waals surface area contributed by atoms with E-state index < -0.39 is 5.60 Å². The maximum Gasteiger partial charge on any atom is 0.0825 e. The van der Waals surface area contributed by atoms with E-state index in [0.717, 1.165) is 32.2 Å². The van der Waals surface area contributed by atoms with E-state index in [-0.39, 0.29) is 0 Å². The second-order valence-electron chi connectivity index (χ2n) is 6.76. The van der Waals surface area contributed by atoms with Crippen LogP contribution in [0.5, 0.6) is 0 Å². The summed E-state index contributed by atoms with van der Waals surface area (Å²) in [5.74, 6) is 0.423. The zero-order valence-corrected chi connectivity index (χ0v) is 11.1. The van der Waals surface area contributed by atoms with Crippen LogP contribution in [0.15, 0.2) is 0 Å². The summed E-state index contributed by atoms with van der Waals surface area (Å²) >= 11 is 0. The third-order valence-electron chi connectivity index (χ3n) is 4.83. The Morgan fingerprint density at radius 2 is 1.94 bits per heavy atom. The lowest BCUT2D eigenvalue weighted by Gasteiger charge is -2.50. The van der Waals surface area contributed by atoms with Crippen LogP contribution in [-0.2, 0) is 0 Å². The fourth-order valence-corrected chi connectivity index (χ4v) is 3.69. The minimum absolute atomic E-state index is 0.340. The number of aliphatic hydroxyl groups is 1. The van der Waals surface area contributed by atoms with Gasteiger partial charge in [-0.25, -0.2) is 0 Å². The first-order valence-corrected chi connectivity index (χ1v) is 6.90. The van der Waals surface area contributed by atoms with Gasteiger partial charge in [-0.1, -0.05) is 27.2 Å². The SMILES string of the molecule is CC1CC(C)(C)CCC1(O)C1CCCCN1. The predicted octanol–water partition coefficient (Wildman–Crippen LogP) is 2.71. The molecule has 1 aliphatic heterocycles. The molecule has 2 fully saturated rings. The van der Waals surface area contributed by atoms with Gasteiger partial charge in [-0.3, -0.25) is 0 Å². The van der Waals surface area contributed by atoms with Gasteiger partial charge in [0.15, 0.2) is 0 Å². The molecule has 3 atom stereocenters. The molecule has 1 saturated carbocycles. The van der Waals surface area contributed by atoms with E-state index in [1.54, 1.807) is 0 Å². The summed E-state index contributed by atoms with van der Waals surface area (Å²) in [5, 5.41) is 14.5. The molecular weight excluding hydrogens is 198 g/mol. The van der Waals surface area contributed by atoms with E-state index in [2.05, 4.69) is 26.1 Å². The van der Waals surface area contributed by atoms with Crippen molar-refractivity contribution in [3.05, 3.63) is 0 Å². The molecule has 16 heavy (non-hydrogen) atoms. The second-order valence-corrected chi connectivity index (χ2v) is 6.76. The molecule has 2 N–H and O–H groups in total. The van der Waals surface area contributed by atoms with Crippen molar-refractivity contribution < 1.29 is 5.11 Å². The smallest absolute Gasteiger partial charge is 0.0825 e. The van der Waals surface area contributed by atoms with E-state index in [4.69, 9.17) is 0 Å². The summed E-state index contributed by atoms with van der Waals surface area (Å²) in [5.41, 5.74) is -0.0315. The van der Waals surface area contributed by atoms with Crippen molar-refractivity contribution in [1.82, 2.24) is 5.32 Å². The lowest BCUT2D eigenvalue weighted by Crippen LogP contribution is -2.59. The van der Waals surface area contributed by atoms with Crippen molar-refractivity contribution in [3.63, 3.8) is 0 Å². The minimum atomic E-state index is -0.448. The monoisotopic (exact) mass is 225 g/mol. The van der Waals surface area contributed by atoms with Crippen LogP contribution in [0.3, 0.4) is 0 Å². The molecule has 0 bridgehead atoms. The van der Waals surface area contributed by atoms with Gasteiger partial charge in [-0.2, -0.15) is 0 Å². The molecule has 0 spiro atoms. The Bertz CT molecular complexity index is 245. The average molecular weight is 225 g/mol. The molecule has 0 radical (unpaired) electrons. The number of nitrogens with one attached hydrogen (secondary N) is 1. The van der Waals surface area contributed by atoms with Crippen LogP contribution >= 0.6 is 0 Å².